The van der Waals surface area contributed by atoms with Crippen LogP contribution in [-0.2, 0) is 10.0 Å². The average Bonchev–Trinajstić information content (AvgIpc) is 3.27. The number of anilines is 1. The molecular weight excluding hydrogens is 364 g/mol. The average molecular weight is 376 g/mol. The Kier molecular flexibility index (Phi) is 3.62. The lowest BCUT2D eigenvalue weighted by Gasteiger charge is -2.10. The Morgan fingerprint density at radius 1 is 1.15 bits per heavy atom. The fourth-order valence-corrected chi connectivity index (χ4v) is 4.06. The van der Waals surface area contributed by atoms with Gasteiger partial charge in [0.15, 0.2) is 5.69 Å². The van der Waals surface area contributed by atoms with Crippen LogP contribution in [0.4, 0.5) is 5.69 Å². The highest BCUT2D eigenvalue weighted by molar-refractivity contribution is 7.92. The topological polar surface area (TPSA) is 127 Å². The molecule has 0 aliphatic carbocycles. The zero-order chi connectivity index (χ0) is 19.2. The maximum atomic E-state index is 12.8. The summed E-state index contributed by atoms with van der Waals surface area (Å²) < 4.78 is 29.7. The highest BCUT2D eigenvalue weighted by Crippen LogP contribution is 2.30. The maximum absolute atomic E-state index is 12.8. The van der Waals surface area contributed by atoms with Gasteiger partial charge in [-0.15, -0.1) is 0 Å². The Morgan fingerprint density at radius 2 is 1.96 bits per heavy atom. The minimum Gasteiger partial charge on any atom is -0.358 e. The van der Waals surface area contributed by atoms with E-state index in [0.29, 0.717) is 27.8 Å². The van der Waals surface area contributed by atoms with Gasteiger partial charge in [-0.05, 0) is 30.7 Å². The number of H-pyrrole nitrogens is 1. The Labute approximate surface area is 154 Å². The lowest BCUT2D eigenvalue weighted by Crippen LogP contribution is -2.14. The molecule has 0 radical (unpaired) electrons. The third kappa shape index (κ3) is 2.67. The molecule has 0 saturated heterocycles. The van der Waals surface area contributed by atoms with Crippen LogP contribution in [0.2, 0.25) is 0 Å². The van der Waals surface area contributed by atoms with Gasteiger partial charge in [-0.2, -0.15) is 10.5 Å². The summed E-state index contributed by atoms with van der Waals surface area (Å²) >= 11 is 0. The van der Waals surface area contributed by atoms with Gasteiger partial charge in [0.25, 0.3) is 10.0 Å². The molecule has 0 atom stereocenters. The molecule has 4 rings (SSSR count). The number of aromatic amines is 1. The summed E-state index contributed by atoms with van der Waals surface area (Å²) in [5, 5.41) is 18.8. The van der Waals surface area contributed by atoms with Crippen molar-refractivity contribution < 1.29 is 8.42 Å². The van der Waals surface area contributed by atoms with Crippen molar-refractivity contribution in [2.24, 2.45) is 0 Å². The molecule has 2 N–H and O–H groups in total. The molecule has 8 nitrogen and oxygen atoms in total. The molecule has 0 saturated carbocycles. The van der Waals surface area contributed by atoms with Gasteiger partial charge < -0.3 is 9.38 Å². The maximum Gasteiger partial charge on any atom is 0.263 e. The number of aryl methyl sites for hydroxylation is 1. The van der Waals surface area contributed by atoms with Crippen LogP contribution in [0.15, 0.2) is 47.8 Å². The number of aromatic nitrogens is 3. The van der Waals surface area contributed by atoms with Crippen molar-refractivity contribution in [3.8, 4) is 12.1 Å². The molecule has 4 aromatic rings. The van der Waals surface area contributed by atoms with Crippen LogP contribution in [-0.4, -0.2) is 22.8 Å². The quantitative estimate of drug-likeness (QED) is 0.568. The minimum atomic E-state index is -3.89. The Hall–Kier alpha value is -3.82. The van der Waals surface area contributed by atoms with Gasteiger partial charge in [0.2, 0.25) is 0 Å². The van der Waals surface area contributed by atoms with E-state index in [2.05, 4.69) is 20.8 Å². The number of hydrogen-bond acceptors (Lipinski definition) is 5. The standard InChI is InChI=1S/C18H12N6O2S/c1-11-2-4-15(18-17(11)12(6-19)8-21-18)23-27(25,26)14-3-5-16-22-13(7-20)9-24(16)10-14/h2-5,8-10,21,23H,1H3. The van der Waals surface area contributed by atoms with Crippen molar-refractivity contribution in [2.75, 3.05) is 4.72 Å². The van der Waals surface area contributed by atoms with Gasteiger partial charge in [0.05, 0.1) is 16.8 Å². The highest BCUT2D eigenvalue weighted by atomic mass is 32.2. The summed E-state index contributed by atoms with van der Waals surface area (Å²) in [6.45, 7) is 1.86. The van der Waals surface area contributed by atoms with Crippen LogP contribution in [0.25, 0.3) is 16.6 Å². The number of nitriles is 2. The SMILES string of the molecule is Cc1ccc(NS(=O)(=O)c2ccc3nc(C#N)cn3c2)c2[nH]cc(C#N)c12. The Balaban J connectivity index is 1.79. The van der Waals surface area contributed by atoms with E-state index in [9.17, 15) is 13.7 Å². The molecule has 0 spiro atoms. The van der Waals surface area contributed by atoms with Crippen LogP contribution in [0, 0.1) is 29.6 Å². The molecule has 0 aliphatic heterocycles. The van der Waals surface area contributed by atoms with E-state index in [0.717, 1.165) is 5.56 Å². The van der Waals surface area contributed by atoms with E-state index in [1.165, 1.54) is 28.9 Å². The third-order valence-electron chi connectivity index (χ3n) is 4.26. The zero-order valence-electron chi connectivity index (χ0n) is 14.1. The van der Waals surface area contributed by atoms with E-state index in [1.807, 2.05) is 13.0 Å². The zero-order valence-corrected chi connectivity index (χ0v) is 14.9. The largest absolute Gasteiger partial charge is 0.358 e. The fourth-order valence-electron chi connectivity index (χ4n) is 2.98. The van der Waals surface area contributed by atoms with Crippen LogP contribution in [0.3, 0.4) is 0 Å². The van der Waals surface area contributed by atoms with Gasteiger partial charge in [0, 0.05) is 24.0 Å². The Bertz CT molecular complexity index is 1400. The lowest BCUT2D eigenvalue weighted by atomic mass is 10.1. The van der Waals surface area contributed by atoms with Crippen molar-refractivity contribution in [1.82, 2.24) is 14.4 Å². The first-order valence-electron chi connectivity index (χ1n) is 7.85. The summed E-state index contributed by atoms with van der Waals surface area (Å²) in [6.07, 6.45) is 4.41. The van der Waals surface area contributed by atoms with E-state index in [1.54, 1.807) is 18.3 Å². The molecule has 3 aromatic heterocycles. The number of nitrogens with zero attached hydrogens (tertiary/aromatic N) is 4. The number of pyridine rings is 1. The fraction of sp³-hybridized carbons (Fsp3) is 0.0556. The molecule has 0 unspecified atom stereocenters. The predicted molar refractivity (Wildman–Crippen MR) is 98.5 cm³/mol. The van der Waals surface area contributed by atoms with Crippen molar-refractivity contribution in [3.63, 3.8) is 0 Å². The normalized spacial score (nSPS) is 11.4. The summed E-state index contributed by atoms with van der Waals surface area (Å²) in [5.74, 6) is 0. The van der Waals surface area contributed by atoms with E-state index in [4.69, 9.17) is 5.26 Å². The summed E-state index contributed by atoms with van der Waals surface area (Å²) in [5.41, 5.74) is 2.90. The van der Waals surface area contributed by atoms with Gasteiger partial charge >= 0.3 is 0 Å². The third-order valence-corrected chi connectivity index (χ3v) is 5.61. The van der Waals surface area contributed by atoms with E-state index in [-0.39, 0.29) is 10.6 Å². The number of benzene rings is 1. The molecule has 9 heteroatoms. The van der Waals surface area contributed by atoms with Gasteiger partial charge in [-0.25, -0.2) is 13.4 Å². The summed E-state index contributed by atoms with van der Waals surface area (Å²) in [7, 11) is -3.89. The second kappa shape index (κ2) is 5.87. The van der Waals surface area contributed by atoms with Crippen molar-refractivity contribution in [2.45, 2.75) is 11.8 Å². The van der Waals surface area contributed by atoms with Crippen LogP contribution in [0.5, 0.6) is 0 Å². The van der Waals surface area contributed by atoms with Gasteiger partial charge in [-0.1, -0.05) is 6.07 Å². The molecular formula is C18H12N6O2S. The second-order valence-electron chi connectivity index (χ2n) is 5.97. The first-order chi connectivity index (χ1) is 12.9. The number of fused-ring (bicyclic) bond motifs is 2. The highest BCUT2D eigenvalue weighted by Gasteiger charge is 2.19. The monoisotopic (exact) mass is 376 g/mol. The number of nitrogens with one attached hydrogen (secondary N) is 2. The van der Waals surface area contributed by atoms with Crippen LogP contribution >= 0.6 is 0 Å². The first kappa shape index (κ1) is 16.6. The predicted octanol–water partition coefficient (Wildman–Crippen LogP) is 2.67. The van der Waals surface area contributed by atoms with Crippen molar-refractivity contribution in [3.05, 3.63) is 59.7 Å². The molecule has 0 aliphatic rings. The van der Waals surface area contributed by atoms with E-state index < -0.39 is 10.0 Å². The smallest absolute Gasteiger partial charge is 0.263 e. The summed E-state index contributed by atoms with van der Waals surface area (Å²) in [6, 6.07) is 10.4. The van der Waals surface area contributed by atoms with Crippen molar-refractivity contribution in [1.29, 1.82) is 10.5 Å². The van der Waals surface area contributed by atoms with Crippen LogP contribution in [0.1, 0.15) is 16.8 Å². The molecule has 0 amide bonds. The van der Waals surface area contributed by atoms with E-state index >= 15 is 0 Å². The minimum absolute atomic E-state index is 0.0256. The number of hydrogen-bond donors (Lipinski definition) is 2. The lowest BCUT2D eigenvalue weighted by molar-refractivity contribution is 0.600. The number of rotatable bonds is 3. The summed E-state index contributed by atoms with van der Waals surface area (Å²) in [4.78, 5) is 7.04. The molecule has 27 heavy (non-hydrogen) atoms. The van der Waals surface area contributed by atoms with Crippen LogP contribution < -0.4 is 4.72 Å². The first-order valence-corrected chi connectivity index (χ1v) is 9.34. The molecule has 3 heterocycles. The Morgan fingerprint density at radius 3 is 2.70 bits per heavy atom. The molecule has 0 bridgehead atoms. The molecule has 132 valence electrons. The number of imidazole rings is 1. The van der Waals surface area contributed by atoms with Gasteiger partial charge in [0.1, 0.15) is 22.7 Å². The number of sulfonamides is 1. The second-order valence-corrected chi connectivity index (χ2v) is 7.65. The van der Waals surface area contributed by atoms with Crippen molar-refractivity contribution >= 4 is 32.3 Å². The molecule has 1 aromatic carbocycles. The molecule has 0 fully saturated rings. The van der Waals surface area contributed by atoms with Gasteiger partial charge in [-0.3, -0.25) is 4.72 Å².